The molecule has 0 saturated heterocycles. The molecule has 0 aliphatic rings. The van der Waals surface area contributed by atoms with Gasteiger partial charge in [0, 0.05) is 33.2 Å². The van der Waals surface area contributed by atoms with Gasteiger partial charge in [0.1, 0.15) is 16.8 Å². The van der Waals surface area contributed by atoms with Crippen molar-refractivity contribution in [1.29, 1.82) is 0 Å². The van der Waals surface area contributed by atoms with Crippen LogP contribution in [0.1, 0.15) is 0 Å². The number of nitrogens with zero attached hydrogens (tertiary/aromatic N) is 5. The first kappa shape index (κ1) is 28.4. The monoisotopic (exact) mass is 629 g/mol. The van der Waals surface area contributed by atoms with Gasteiger partial charge in [-0.3, -0.25) is 0 Å². The second-order valence-corrected chi connectivity index (χ2v) is 11.7. The Kier molecular flexibility index (Phi) is 7.02. The molecule has 3 heterocycles. The number of benzene rings is 6. The van der Waals surface area contributed by atoms with Gasteiger partial charge in [-0.1, -0.05) is 140 Å². The predicted molar refractivity (Wildman–Crippen MR) is 195 cm³/mol. The molecule has 49 heavy (non-hydrogen) atoms. The van der Waals surface area contributed by atoms with Crippen LogP contribution < -0.4 is 0 Å². The summed E-state index contributed by atoms with van der Waals surface area (Å²) in [7, 11) is 0. The predicted octanol–water partition coefficient (Wildman–Crippen LogP) is 10.6. The lowest BCUT2D eigenvalue weighted by Gasteiger charge is -2.11. The highest BCUT2D eigenvalue weighted by atomic mass is 16.3. The Morgan fingerprint density at radius 1 is 0.327 bits per heavy atom. The van der Waals surface area contributed by atoms with Crippen LogP contribution in [-0.2, 0) is 0 Å². The van der Waals surface area contributed by atoms with Gasteiger partial charge in [-0.15, -0.1) is 0 Å². The highest BCUT2D eigenvalue weighted by molar-refractivity contribution is 6.07. The first-order valence-electron chi connectivity index (χ1n) is 16.1. The average Bonchev–Trinajstić information content (AvgIpc) is 3.57. The molecule has 0 aliphatic heterocycles. The highest BCUT2D eigenvalue weighted by Gasteiger charge is 2.19. The minimum atomic E-state index is 0.609. The second-order valence-electron chi connectivity index (χ2n) is 11.7. The SMILES string of the molecule is c1ccc(-c2nc(-c3ccccc3)nc(-c3cccc(-c4cccc(-c5nc(-c6ccccc6)nc6c5oc5ccccc56)c4)c3)n2)cc1. The van der Waals surface area contributed by atoms with Gasteiger partial charge in [-0.25, -0.2) is 24.9 Å². The van der Waals surface area contributed by atoms with Gasteiger partial charge in [-0.05, 0) is 35.4 Å². The normalized spacial score (nSPS) is 11.3. The Bertz CT molecular complexity index is 2540. The number of hydrogen-bond acceptors (Lipinski definition) is 6. The van der Waals surface area contributed by atoms with Crippen LogP contribution in [0.2, 0.25) is 0 Å². The Labute approximate surface area is 282 Å². The zero-order chi connectivity index (χ0) is 32.6. The zero-order valence-electron chi connectivity index (χ0n) is 26.2. The molecule has 0 saturated carbocycles. The van der Waals surface area contributed by atoms with E-state index in [0.717, 1.165) is 61.1 Å². The fourth-order valence-corrected chi connectivity index (χ4v) is 6.12. The Morgan fingerprint density at radius 3 is 1.35 bits per heavy atom. The fraction of sp³-hybridized carbons (Fsp3) is 0. The molecule has 0 unspecified atom stereocenters. The Morgan fingerprint density at radius 2 is 0.755 bits per heavy atom. The molecule has 0 radical (unpaired) electrons. The molecule has 6 nitrogen and oxygen atoms in total. The number of rotatable bonds is 6. The Hall–Kier alpha value is -6.79. The summed E-state index contributed by atoms with van der Waals surface area (Å²) in [5.41, 5.74) is 9.69. The van der Waals surface area contributed by atoms with Crippen LogP contribution in [-0.4, -0.2) is 24.9 Å². The smallest absolute Gasteiger partial charge is 0.180 e. The molecule has 0 amide bonds. The first-order chi connectivity index (χ1) is 24.3. The number of fused-ring (bicyclic) bond motifs is 3. The van der Waals surface area contributed by atoms with E-state index < -0.39 is 0 Å². The molecule has 6 heteroatoms. The standard InChI is InChI=1S/C43H27N5O/c1-4-14-28(15-5-1)40-44-37(39-38(45-40)35-24-10-11-25-36(35)49-39)33-22-12-20-31(26-33)32-21-13-23-34(27-32)43-47-41(29-16-6-2-7-17-29)46-42(48-43)30-18-8-3-9-19-30/h1-27H. The van der Waals surface area contributed by atoms with E-state index in [1.807, 2.05) is 127 Å². The minimum Gasteiger partial charge on any atom is -0.452 e. The lowest BCUT2D eigenvalue weighted by molar-refractivity contribution is 0.667. The van der Waals surface area contributed by atoms with Gasteiger partial charge in [-0.2, -0.15) is 0 Å². The van der Waals surface area contributed by atoms with Gasteiger partial charge in [0.15, 0.2) is 28.9 Å². The summed E-state index contributed by atoms with van der Waals surface area (Å²) < 4.78 is 6.40. The van der Waals surface area contributed by atoms with Gasteiger partial charge in [0.05, 0.1) is 0 Å². The van der Waals surface area contributed by atoms with Gasteiger partial charge < -0.3 is 4.42 Å². The van der Waals surface area contributed by atoms with Crippen LogP contribution in [0.25, 0.3) is 90.0 Å². The minimum absolute atomic E-state index is 0.609. The summed E-state index contributed by atoms with van der Waals surface area (Å²) in [5, 5.41) is 0.962. The van der Waals surface area contributed by atoms with E-state index in [4.69, 9.17) is 29.3 Å². The van der Waals surface area contributed by atoms with Crippen molar-refractivity contribution in [2.24, 2.45) is 0 Å². The summed E-state index contributed by atoms with van der Waals surface area (Å²) in [5.74, 6) is 2.52. The summed E-state index contributed by atoms with van der Waals surface area (Å²) >= 11 is 0. The topological polar surface area (TPSA) is 77.6 Å². The molecule has 9 aromatic rings. The summed E-state index contributed by atoms with van der Waals surface area (Å²) in [6, 6.07) is 54.8. The number of aromatic nitrogens is 5. The third-order valence-corrected chi connectivity index (χ3v) is 8.54. The van der Waals surface area contributed by atoms with E-state index >= 15 is 0 Å². The van der Waals surface area contributed by atoms with Crippen molar-refractivity contribution in [1.82, 2.24) is 24.9 Å². The maximum absolute atomic E-state index is 6.40. The average molecular weight is 630 g/mol. The summed E-state index contributed by atoms with van der Waals surface area (Å²) in [6.07, 6.45) is 0. The fourth-order valence-electron chi connectivity index (χ4n) is 6.12. The largest absolute Gasteiger partial charge is 0.452 e. The van der Waals surface area contributed by atoms with E-state index in [-0.39, 0.29) is 0 Å². The van der Waals surface area contributed by atoms with Crippen molar-refractivity contribution in [3.63, 3.8) is 0 Å². The quantitative estimate of drug-likeness (QED) is 0.182. The summed E-state index contributed by atoms with van der Waals surface area (Å²) in [4.78, 5) is 24.8. The third-order valence-electron chi connectivity index (χ3n) is 8.54. The maximum Gasteiger partial charge on any atom is 0.180 e. The molecule has 6 aromatic carbocycles. The third kappa shape index (κ3) is 5.41. The lowest BCUT2D eigenvalue weighted by Crippen LogP contribution is -2.00. The molecular formula is C43H27N5O. The summed E-state index contributed by atoms with van der Waals surface area (Å²) in [6.45, 7) is 0. The Balaban J connectivity index is 1.17. The lowest BCUT2D eigenvalue weighted by atomic mass is 9.99. The molecule has 230 valence electrons. The number of hydrogen-bond donors (Lipinski definition) is 0. The van der Waals surface area contributed by atoms with E-state index in [2.05, 4.69) is 36.4 Å². The molecule has 9 rings (SSSR count). The van der Waals surface area contributed by atoms with Crippen molar-refractivity contribution < 1.29 is 4.42 Å². The van der Waals surface area contributed by atoms with Crippen LogP contribution in [0, 0.1) is 0 Å². The van der Waals surface area contributed by atoms with Crippen molar-refractivity contribution >= 4 is 22.1 Å². The van der Waals surface area contributed by atoms with Gasteiger partial charge in [0.2, 0.25) is 0 Å². The first-order valence-corrected chi connectivity index (χ1v) is 16.1. The highest BCUT2D eigenvalue weighted by Crippen LogP contribution is 2.37. The maximum atomic E-state index is 6.40. The van der Waals surface area contributed by atoms with Crippen LogP contribution in [0.15, 0.2) is 168 Å². The van der Waals surface area contributed by atoms with E-state index in [9.17, 15) is 0 Å². The number of furan rings is 1. The van der Waals surface area contributed by atoms with Crippen molar-refractivity contribution in [2.45, 2.75) is 0 Å². The van der Waals surface area contributed by atoms with Crippen molar-refractivity contribution in [2.75, 3.05) is 0 Å². The number of para-hydroxylation sites is 1. The molecule has 0 N–H and O–H groups in total. The van der Waals surface area contributed by atoms with Crippen LogP contribution >= 0.6 is 0 Å². The molecular weight excluding hydrogens is 603 g/mol. The van der Waals surface area contributed by atoms with Crippen molar-refractivity contribution in [3.8, 4) is 67.9 Å². The van der Waals surface area contributed by atoms with Crippen molar-refractivity contribution in [3.05, 3.63) is 164 Å². The second kappa shape index (κ2) is 12.1. The van der Waals surface area contributed by atoms with E-state index in [0.29, 0.717) is 28.9 Å². The van der Waals surface area contributed by atoms with Crippen LogP contribution in [0.5, 0.6) is 0 Å². The van der Waals surface area contributed by atoms with Crippen LogP contribution in [0.3, 0.4) is 0 Å². The molecule has 0 aliphatic carbocycles. The van der Waals surface area contributed by atoms with E-state index in [1.165, 1.54) is 0 Å². The molecule has 0 atom stereocenters. The molecule has 0 bridgehead atoms. The van der Waals surface area contributed by atoms with Gasteiger partial charge >= 0.3 is 0 Å². The van der Waals surface area contributed by atoms with E-state index in [1.54, 1.807) is 0 Å². The molecule has 0 fully saturated rings. The zero-order valence-corrected chi connectivity index (χ0v) is 26.2. The molecule has 0 spiro atoms. The van der Waals surface area contributed by atoms with Crippen LogP contribution in [0.4, 0.5) is 0 Å². The van der Waals surface area contributed by atoms with Gasteiger partial charge in [0.25, 0.3) is 0 Å². The molecule has 3 aromatic heterocycles.